The van der Waals surface area contributed by atoms with E-state index in [1.807, 2.05) is 18.2 Å². The van der Waals surface area contributed by atoms with Gasteiger partial charge in [-0.25, -0.2) is 0 Å². The van der Waals surface area contributed by atoms with Gasteiger partial charge in [0.25, 0.3) is 5.91 Å². The summed E-state index contributed by atoms with van der Waals surface area (Å²) in [5, 5.41) is 2.92. The number of hydrogen-bond acceptors (Lipinski definition) is 4. The van der Waals surface area contributed by atoms with Crippen molar-refractivity contribution in [1.29, 1.82) is 0 Å². The lowest BCUT2D eigenvalue weighted by atomic mass is 10.1. The predicted molar refractivity (Wildman–Crippen MR) is 98.2 cm³/mol. The van der Waals surface area contributed by atoms with Crippen LogP contribution in [0.5, 0.6) is 0 Å². The Kier molecular flexibility index (Phi) is 6.55. The highest BCUT2D eigenvalue weighted by Crippen LogP contribution is 2.14. The zero-order chi connectivity index (χ0) is 17.5. The van der Waals surface area contributed by atoms with Gasteiger partial charge in [-0.05, 0) is 46.0 Å². The summed E-state index contributed by atoms with van der Waals surface area (Å²) in [6, 6.07) is 9.85. The molecule has 1 fully saturated rings. The molecule has 1 N–H and O–H groups in total. The average Bonchev–Trinajstić information content (AvgIpc) is 2.66. The van der Waals surface area contributed by atoms with Gasteiger partial charge in [0, 0.05) is 36.6 Å². The number of rotatable bonds is 6. The number of pyridine rings is 1. The molecule has 1 aromatic carbocycles. The first-order chi connectivity index (χ1) is 12.2. The Morgan fingerprint density at radius 2 is 2.04 bits per heavy atom. The fraction of sp³-hybridized carbons (Fsp3) is 0.368. The first-order valence-electron chi connectivity index (χ1n) is 8.36. The maximum absolute atomic E-state index is 12.2. The molecule has 2 heterocycles. The van der Waals surface area contributed by atoms with E-state index in [4.69, 9.17) is 9.47 Å². The van der Waals surface area contributed by atoms with E-state index in [0.717, 1.165) is 41.7 Å². The molecule has 5 nitrogen and oxygen atoms in total. The summed E-state index contributed by atoms with van der Waals surface area (Å²) >= 11 is 3.32. The van der Waals surface area contributed by atoms with E-state index < -0.39 is 0 Å². The molecule has 1 saturated heterocycles. The normalized spacial score (nSPS) is 15.1. The number of carbonyl (C=O) groups excluding carboxylic acids is 1. The molecular formula is C19H21BrN2O3. The molecule has 2 aromatic rings. The van der Waals surface area contributed by atoms with Crippen molar-refractivity contribution in [2.45, 2.75) is 32.1 Å². The van der Waals surface area contributed by atoms with Crippen molar-refractivity contribution in [1.82, 2.24) is 10.3 Å². The number of hydrogen-bond donors (Lipinski definition) is 1. The van der Waals surface area contributed by atoms with Crippen LogP contribution in [0.15, 0.2) is 47.2 Å². The van der Waals surface area contributed by atoms with Gasteiger partial charge >= 0.3 is 0 Å². The van der Waals surface area contributed by atoms with Crippen LogP contribution in [0.1, 0.15) is 34.3 Å². The van der Waals surface area contributed by atoms with Crippen LogP contribution in [0, 0.1) is 0 Å². The van der Waals surface area contributed by atoms with Crippen molar-refractivity contribution in [2.24, 2.45) is 0 Å². The summed E-state index contributed by atoms with van der Waals surface area (Å²) in [5.41, 5.74) is 2.69. The maximum Gasteiger partial charge on any atom is 0.253 e. The van der Waals surface area contributed by atoms with Gasteiger partial charge in [0.1, 0.15) is 0 Å². The number of nitrogens with zero attached hydrogens (tertiary/aromatic N) is 1. The second-order valence-corrected chi connectivity index (χ2v) is 6.93. The summed E-state index contributed by atoms with van der Waals surface area (Å²) in [6.45, 7) is 2.61. The number of amides is 1. The summed E-state index contributed by atoms with van der Waals surface area (Å²) in [4.78, 5) is 16.2. The molecule has 0 atom stereocenters. The Labute approximate surface area is 155 Å². The Morgan fingerprint density at radius 3 is 2.84 bits per heavy atom. The molecule has 1 aliphatic rings. The van der Waals surface area contributed by atoms with Crippen LogP contribution >= 0.6 is 15.9 Å². The average molecular weight is 405 g/mol. The highest BCUT2D eigenvalue weighted by atomic mass is 79.9. The molecule has 0 aliphatic carbocycles. The van der Waals surface area contributed by atoms with Crippen LogP contribution in [0.2, 0.25) is 0 Å². The Morgan fingerprint density at radius 1 is 1.24 bits per heavy atom. The van der Waals surface area contributed by atoms with Gasteiger partial charge in [-0.15, -0.1) is 0 Å². The lowest BCUT2D eigenvalue weighted by Gasteiger charge is -2.22. The summed E-state index contributed by atoms with van der Waals surface area (Å²) in [7, 11) is 0. The molecule has 132 valence electrons. The van der Waals surface area contributed by atoms with Gasteiger partial charge < -0.3 is 14.8 Å². The van der Waals surface area contributed by atoms with E-state index in [2.05, 4.69) is 32.3 Å². The molecule has 0 unspecified atom stereocenters. The van der Waals surface area contributed by atoms with Gasteiger partial charge in [-0.2, -0.15) is 0 Å². The molecule has 0 bridgehead atoms. The zero-order valence-electron chi connectivity index (χ0n) is 13.9. The van der Waals surface area contributed by atoms with E-state index in [0.29, 0.717) is 18.7 Å². The SMILES string of the molecule is O=C(NCc1cccc(COC2CCOCC2)c1)c1cncc(Br)c1. The number of carbonyl (C=O) groups is 1. The van der Waals surface area contributed by atoms with Crippen molar-refractivity contribution in [2.75, 3.05) is 13.2 Å². The third kappa shape index (κ3) is 5.63. The molecule has 1 aliphatic heterocycles. The predicted octanol–water partition coefficient (Wildman–Crippen LogP) is 3.47. The topological polar surface area (TPSA) is 60.5 Å². The lowest BCUT2D eigenvalue weighted by Crippen LogP contribution is -2.23. The summed E-state index contributed by atoms with van der Waals surface area (Å²) in [5.74, 6) is -0.141. The molecule has 0 radical (unpaired) electrons. The standard InChI is InChI=1S/C19H21BrN2O3/c20-17-9-16(11-21-12-17)19(23)22-10-14-2-1-3-15(8-14)13-25-18-4-6-24-7-5-18/h1-3,8-9,11-12,18H,4-7,10,13H2,(H,22,23). The van der Waals surface area contributed by atoms with Crippen LogP contribution in [-0.2, 0) is 22.6 Å². The minimum absolute atomic E-state index is 0.141. The molecule has 6 heteroatoms. The van der Waals surface area contributed by atoms with E-state index >= 15 is 0 Å². The number of nitrogens with one attached hydrogen (secondary N) is 1. The number of halogens is 1. The first-order valence-corrected chi connectivity index (χ1v) is 9.16. The number of benzene rings is 1. The second kappa shape index (κ2) is 9.08. The van der Waals surface area contributed by atoms with Crippen molar-refractivity contribution >= 4 is 21.8 Å². The first kappa shape index (κ1) is 18.0. The van der Waals surface area contributed by atoms with Crippen LogP contribution in [0.3, 0.4) is 0 Å². The monoisotopic (exact) mass is 404 g/mol. The quantitative estimate of drug-likeness (QED) is 0.800. The lowest BCUT2D eigenvalue weighted by molar-refractivity contribution is -0.0390. The van der Waals surface area contributed by atoms with E-state index in [9.17, 15) is 4.79 Å². The fourth-order valence-electron chi connectivity index (χ4n) is 2.71. The number of ether oxygens (including phenoxy) is 2. The van der Waals surface area contributed by atoms with E-state index in [1.54, 1.807) is 18.5 Å². The molecule has 0 saturated carbocycles. The molecule has 25 heavy (non-hydrogen) atoms. The Balaban J connectivity index is 1.51. The third-order valence-electron chi connectivity index (χ3n) is 4.07. The highest BCUT2D eigenvalue weighted by Gasteiger charge is 2.14. The Hall–Kier alpha value is -1.76. The minimum atomic E-state index is -0.141. The van der Waals surface area contributed by atoms with Crippen molar-refractivity contribution < 1.29 is 14.3 Å². The van der Waals surface area contributed by atoms with Crippen molar-refractivity contribution in [3.63, 3.8) is 0 Å². The highest BCUT2D eigenvalue weighted by molar-refractivity contribution is 9.10. The van der Waals surface area contributed by atoms with E-state index in [-0.39, 0.29) is 12.0 Å². The van der Waals surface area contributed by atoms with Gasteiger partial charge in [-0.1, -0.05) is 24.3 Å². The summed E-state index contributed by atoms with van der Waals surface area (Å²) < 4.78 is 12.1. The van der Waals surface area contributed by atoms with E-state index in [1.165, 1.54) is 0 Å². The van der Waals surface area contributed by atoms with Crippen LogP contribution < -0.4 is 5.32 Å². The third-order valence-corrected chi connectivity index (χ3v) is 4.50. The molecular weight excluding hydrogens is 384 g/mol. The Bertz CT molecular complexity index is 717. The molecule has 1 aromatic heterocycles. The smallest absolute Gasteiger partial charge is 0.253 e. The minimum Gasteiger partial charge on any atom is -0.381 e. The maximum atomic E-state index is 12.2. The van der Waals surface area contributed by atoms with Crippen molar-refractivity contribution in [3.8, 4) is 0 Å². The van der Waals surface area contributed by atoms with Gasteiger partial charge in [0.2, 0.25) is 0 Å². The zero-order valence-corrected chi connectivity index (χ0v) is 15.5. The summed E-state index contributed by atoms with van der Waals surface area (Å²) in [6.07, 6.45) is 5.39. The van der Waals surface area contributed by atoms with Crippen LogP contribution in [0.4, 0.5) is 0 Å². The van der Waals surface area contributed by atoms with Gasteiger partial charge in [-0.3, -0.25) is 9.78 Å². The number of aromatic nitrogens is 1. The van der Waals surface area contributed by atoms with Crippen molar-refractivity contribution in [3.05, 3.63) is 63.9 Å². The largest absolute Gasteiger partial charge is 0.381 e. The molecule has 0 spiro atoms. The van der Waals surface area contributed by atoms with Gasteiger partial charge in [0.05, 0.1) is 18.3 Å². The fourth-order valence-corrected chi connectivity index (χ4v) is 3.07. The van der Waals surface area contributed by atoms with Crippen LogP contribution in [-0.4, -0.2) is 30.2 Å². The molecule has 1 amide bonds. The molecule has 3 rings (SSSR count). The van der Waals surface area contributed by atoms with Crippen LogP contribution in [0.25, 0.3) is 0 Å². The second-order valence-electron chi connectivity index (χ2n) is 6.02. The van der Waals surface area contributed by atoms with Gasteiger partial charge in [0.15, 0.2) is 0 Å².